The minimum Gasteiger partial charge on any atom is -0.336 e. The maximum absolute atomic E-state index is 12.7. The largest absolute Gasteiger partial charge is 0.336 e. The van der Waals surface area contributed by atoms with E-state index in [1.165, 1.54) is 40.7 Å². The molecule has 0 unspecified atom stereocenters. The Morgan fingerprint density at radius 1 is 1.35 bits per heavy atom. The number of aromatic nitrogens is 3. The molecule has 1 aromatic carbocycles. The van der Waals surface area contributed by atoms with E-state index in [-0.39, 0.29) is 11.6 Å². The number of halogens is 1. The molecule has 0 bridgehead atoms. The number of rotatable bonds is 6. The summed E-state index contributed by atoms with van der Waals surface area (Å²) < 4.78 is 14.2. The second-order valence-corrected chi connectivity index (χ2v) is 5.34. The SMILES string of the molecule is Cc1nnc(SCCCC(=O)c2ccc(F)cc2)n1N. The molecular weight excluding hydrogens is 279 g/mol. The number of aryl methyl sites for hydroxylation is 1. The zero-order valence-corrected chi connectivity index (χ0v) is 11.9. The van der Waals surface area contributed by atoms with Crippen LogP contribution in [0.2, 0.25) is 0 Å². The van der Waals surface area contributed by atoms with Crippen molar-refractivity contribution < 1.29 is 9.18 Å². The van der Waals surface area contributed by atoms with E-state index < -0.39 is 0 Å². The predicted octanol–water partition coefficient (Wildman–Crippen LogP) is 2.19. The summed E-state index contributed by atoms with van der Waals surface area (Å²) in [6.45, 7) is 1.77. The first-order chi connectivity index (χ1) is 9.58. The molecule has 106 valence electrons. The minimum atomic E-state index is -0.338. The average Bonchev–Trinajstić information content (AvgIpc) is 2.76. The van der Waals surface area contributed by atoms with E-state index in [1.54, 1.807) is 6.92 Å². The Hall–Kier alpha value is -1.89. The average molecular weight is 294 g/mol. The summed E-state index contributed by atoms with van der Waals surface area (Å²) in [7, 11) is 0. The smallest absolute Gasteiger partial charge is 0.209 e. The van der Waals surface area contributed by atoms with Crippen LogP contribution in [-0.2, 0) is 0 Å². The molecule has 1 aromatic heterocycles. The van der Waals surface area contributed by atoms with Gasteiger partial charge in [0.1, 0.15) is 11.6 Å². The number of hydrogen-bond donors (Lipinski definition) is 1. The first-order valence-corrected chi connectivity index (χ1v) is 7.15. The fourth-order valence-corrected chi connectivity index (χ4v) is 2.47. The Kier molecular flexibility index (Phi) is 4.73. The van der Waals surface area contributed by atoms with Crippen molar-refractivity contribution in [1.29, 1.82) is 0 Å². The van der Waals surface area contributed by atoms with Crippen molar-refractivity contribution in [1.82, 2.24) is 14.9 Å². The monoisotopic (exact) mass is 294 g/mol. The molecule has 0 aliphatic carbocycles. The molecule has 0 saturated carbocycles. The summed E-state index contributed by atoms with van der Waals surface area (Å²) in [5.41, 5.74) is 0.536. The molecule has 5 nitrogen and oxygen atoms in total. The highest BCUT2D eigenvalue weighted by atomic mass is 32.2. The number of hydrogen-bond acceptors (Lipinski definition) is 5. The van der Waals surface area contributed by atoms with Gasteiger partial charge in [0, 0.05) is 17.7 Å². The van der Waals surface area contributed by atoms with Crippen LogP contribution in [0.15, 0.2) is 29.4 Å². The summed E-state index contributed by atoms with van der Waals surface area (Å²) in [6, 6.07) is 5.60. The van der Waals surface area contributed by atoms with Gasteiger partial charge in [0.25, 0.3) is 0 Å². The lowest BCUT2D eigenvalue weighted by atomic mass is 10.1. The van der Waals surface area contributed by atoms with Gasteiger partial charge in [-0.05, 0) is 37.6 Å². The van der Waals surface area contributed by atoms with Crippen molar-refractivity contribution in [2.75, 3.05) is 11.6 Å². The minimum absolute atomic E-state index is 0.0102. The molecule has 7 heteroatoms. The first-order valence-electron chi connectivity index (χ1n) is 6.16. The molecular formula is C13H15FN4OS. The Labute approximate surface area is 120 Å². The zero-order valence-electron chi connectivity index (χ0n) is 11.0. The lowest BCUT2D eigenvalue weighted by molar-refractivity contribution is 0.0982. The molecule has 2 rings (SSSR count). The van der Waals surface area contributed by atoms with Gasteiger partial charge in [-0.25, -0.2) is 9.07 Å². The third-order valence-corrected chi connectivity index (χ3v) is 3.81. The summed E-state index contributed by atoms with van der Waals surface area (Å²) in [4.78, 5) is 11.8. The normalized spacial score (nSPS) is 10.7. The van der Waals surface area contributed by atoms with E-state index in [0.717, 1.165) is 5.75 Å². The van der Waals surface area contributed by atoms with Crippen LogP contribution in [-0.4, -0.2) is 26.4 Å². The number of ketones is 1. The molecule has 0 saturated heterocycles. The maximum atomic E-state index is 12.7. The van der Waals surface area contributed by atoms with Crippen LogP contribution < -0.4 is 5.84 Å². The number of nitrogen functional groups attached to an aromatic ring is 1. The van der Waals surface area contributed by atoms with Crippen LogP contribution in [0.5, 0.6) is 0 Å². The van der Waals surface area contributed by atoms with E-state index in [1.807, 2.05) is 0 Å². The van der Waals surface area contributed by atoms with Gasteiger partial charge in [0.2, 0.25) is 5.16 Å². The summed E-state index contributed by atoms with van der Waals surface area (Å²) >= 11 is 1.46. The maximum Gasteiger partial charge on any atom is 0.209 e. The predicted molar refractivity (Wildman–Crippen MR) is 75.6 cm³/mol. The van der Waals surface area contributed by atoms with Gasteiger partial charge in [0.05, 0.1) is 0 Å². The van der Waals surface area contributed by atoms with E-state index in [4.69, 9.17) is 5.84 Å². The Morgan fingerprint density at radius 3 is 2.65 bits per heavy atom. The molecule has 0 radical (unpaired) electrons. The number of carbonyl (C=O) groups excluding carboxylic acids is 1. The van der Waals surface area contributed by atoms with E-state index >= 15 is 0 Å². The Balaban J connectivity index is 1.77. The van der Waals surface area contributed by atoms with Gasteiger partial charge in [-0.2, -0.15) is 0 Å². The van der Waals surface area contributed by atoms with Gasteiger partial charge in [0.15, 0.2) is 5.78 Å². The summed E-state index contributed by atoms with van der Waals surface area (Å²) in [5, 5.41) is 8.41. The number of Topliss-reactive ketones (excluding diaryl/α,β-unsaturated/α-hetero) is 1. The lowest BCUT2D eigenvalue weighted by Crippen LogP contribution is -2.11. The van der Waals surface area contributed by atoms with Crippen molar-refractivity contribution in [3.05, 3.63) is 41.5 Å². The number of thioether (sulfide) groups is 1. The highest BCUT2D eigenvalue weighted by Gasteiger charge is 2.08. The summed E-state index contributed by atoms with van der Waals surface area (Å²) in [5.74, 6) is 6.76. The second-order valence-electron chi connectivity index (χ2n) is 4.28. The van der Waals surface area contributed by atoms with Gasteiger partial charge in [-0.3, -0.25) is 4.79 Å². The fraction of sp³-hybridized carbons (Fsp3) is 0.308. The van der Waals surface area contributed by atoms with Crippen molar-refractivity contribution in [2.45, 2.75) is 24.9 Å². The Bertz CT molecular complexity index is 597. The van der Waals surface area contributed by atoms with Gasteiger partial charge >= 0.3 is 0 Å². The van der Waals surface area contributed by atoms with Crippen LogP contribution >= 0.6 is 11.8 Å². The number of nitrogens with two attached hydrogens (primary N) is 1. The van der Waals surface area contributed by atoms with Crippen molar-refractivity contribution in [3.63, 3.8) is 0 Å². The molecule has 2 aromatic rings. The van der Waals surface area contributed by atoms with Crippen LogP contribution in [0.1, 0.15) is 29.0 Å². The topological polar surface area (TPSA) is 73.8 Å². The molecule has 0 aliphatic rings. The van der Waals surface area contributed by atoms with Crippen LogP contribution in [0, 0.1) is 12.7 Å². The number of benzene rings is 1. The standard InChI is InChI=1S/C13H15FN4OS/c1-9-16-17-13(18(9)15)20-8-2-3-12(19)10-4-6-11(14)7-5-10/h4-7H,2-3,8,15H2,1H3. The third kappa shape index (κ3) is 3.57. The summed E-state index contributed by atoms with van der Waals surface area (Å²) in [6.07, 6.45) is 1.11. The molecule has 0 atom stereocenters. The Morgan fingerprint density at radius 2 is 2.05 bits per heavy atom. The molecule has 0 spiro atoms. The second kappa shape index (κ2) is 6.51. The molecule has 20 heavy (non-hydrogen) atoms. The number of nitrogens with zero attached hydrogens (tertiary/aromatic N) is 3. The lowest BCUT2D eigenvalue weighted by Gasteiger charge is -2.02. The quantitative estimate of drug-likeness (QED) is 0.382. The van der Waals surface area contributed by atoms with Crippen LogP contribution in [0.4, 0.5) is 4.39 Å². The number of carbonyl (C=O) groups is 1. The molecule has 0 amide bonds. The molecule has 1 heterocycles. The van der Waals surface area contributed by atoms with Crippen LogP contribution in [0.25, 0.3) is 0 Å². The van der Waals surface area contributed by atoms with E-state index in [9.17, 15) is 9.18 Å². The molecule has 2 N–H and O–H groups in total. The van der Waals surface area contributed by atoms with Gasteiger partial charge < -0.3 is 5.84 Å². The fourth-order valence-electron chi connectivity index (χ4n) is 1.62. The van der Waals surface area contributed by atoms with Gasteiger partial charge in [-0.15, -0.1) is 10.2 Å². The van der Waals surface area contributed by atoms with Gasteiger partial charge in [-0.1, -0.05) is 11.8 Å². The van der Waals surface area contributed by atoms with Crippen molar-refractivity contribution in [3.8, 4) is 0 Å². The highest BCUT2D eigenvalue weighted by Crippen LogP contribution is 2.17. The van der Waals surface area contributed by atoms with Crippen molar-refractivity contribution >= 4 is 17.5 Å². The third-order valence-electron chi connectivity index (χ3n) is 2.78. The molecule has 0 fully saturated rings. The van der Waals surface area contributed by atoms with Crippen LogP contribution in [0.3, 0.4) is 0 Å². The highest BCUT2D eigenvalue weighted by molar-refractivity contribution is 7.99. The first kappa shape index (κ1) is 14.5. The van der Waals surface area contributed by atoms with E-state index in [2.05, 4.69) is 10.2 Å². The molecule has 0 aliphatic heterocycles. The zero-order chi connectivity index (χ0) is 14.5. The van der Waals surface area contributed by atoms with E-state index in [0.29, 0.717) is 29.4 Å². The van der Waals surface area contributed by atoms with Crippen molar-refractivity contribution in [2.24, 2.45) is 0 Å².